The lowest BCUT2D eigenvalue weighted by molar-refractivity contribution is -0.118. The van der Waals surface area contributed by atoms with Gasteiger partial charge in [0.2, 0.25) is 0 Å². The molecule has 0 heterocycles. The Bertz CT molecular complexity index is 235. The molecule has 0 aromatic heterocycles. The van der Waals surface area contributed by atoms with Crippen LogP contribution in [0.2, 0.25) is 0 Å². The quantitative estimate of drug-likeness (QED) is 0.550. The first kappa shape index (κ1) is 8.99. The summed E-state index contributed by atoms with van der Waals surface area (Å²) in [6.07, 6.45) is 7.08. The molecule has 0 aromatic carbocycles. The number of nitrogens with zero attached hydrogens (tertiary/aromatic N) is 1. The minimum absolute atomic E-state index is 0.213. The van der Waals surface area contributed by atoms with Gasteiger partial charge in [-0.05, 0) is 19.3 Å². The Morgan fingerprint density at radius 1 is 1.33 bits per heavy atom. The predicted octanol–water partition coefficient (Wildman–Crippen LogP) is 2.36. The fourth-order valence-corrected chi connectivity index (χ4v) is 1.38. The summed E-state index contributed by atoms with van der Waals surface area (Å²) >= 11 is 0. The van der Waals surface area contributed by atoms with Crippen molar-refractivity contribution in [1.82, 2.24) is 0 Å². The van der Waals surface area contributed by atoms with E-state index >= 15 is 0 Å². The average molecular weight is 163 g/mol. The van der Waals surface area contributed by atoms with Crippen molar-refractivity contribution < 1.29 is 4.79 Å². The van der Waals surface area contributed by atoms with Crippen LogP contribution in [-0.4, -0.2) is 5.78 Å². The number of carbonyl (C=O) groups is 1. The van der Waals surface area contributed by atoms with Gasteiger partial charge in [0.15, 0.2) is 0 Å². The number of nitriles is 1. The van der Waals surface area contributed by atoms with Gasteiger partial charge in [0.05, 0.1) is 6.07 Å². The molecule has 2 nitrogen and oxygen atoms in total. The van der Waals surface area contributed by atoms with E-state index in [4.69, 9.17) is 5.26 Å². The first-order valence-electron chi connectivity index (χ1n) is 4.44. The zero-order chi connectivity index (χ0) is 8.81. The molecule has 0 aromatic rings. The van der Waals surface area contributed by atoms with E-state index in [9.17, 15) is 4.79 Å². The van der Waals surface area contributed by atoms with Crippen LogP contribution in [0.1, 0.15) is 38.5 Å². The zero-order valence-electron chi connectivity index (χ0n) is 7.18. The minimum Gasteiger partial charge on any atom is -0.299 e. The summed E-state index contributed by atoms with van der Waals surface area (Å²) in [4.78, 5) is 11.2. The van der Waals surface area contributed by atoms with Crippen molar-refractivity contribution in [3.8, 4) is 6.07 Å². The van der Waals surface area contributed by atoms with Crippen LogP contribution in [0.5, 0.6) is 0 Å². The molecule has 0 atom stereocenters. The van der Waals surface area contributed by atoms with Gasteiger partial charge < -0.3 is 0 Å². The molecule has 0 unspecified atom stereocenters. The van der Waals surface area contributed by atoms with Gasteiger partial charge in [-0.25, -0.2) is 0 Å². The summed E-state index contributed by atoms with van der Waals surface area (Å²) in [5, 5.41) is 8.65. The van der Waals surface area contributed by atoms with Crippen molar-refractivity contribution >= 4 is 5.78 Å². The molecule has 1 aliphatic rings. The van der Waals surface area contributed by atoms with Crippen molar-refractivity contribution in [2.75, 3.05) is 0 Å². The van der Waals surface area contributed by atoms with E-state index in [1.54, 1.807) is 0 Å². The van der Waals surface area contributed by atoms with Crippen LogP contribution in [0.3, 0.4) is 0 Å². The van der Waals surface area contributed by atoms with Crippen LogP contribution in [0.25, 0.3) is 0 Å². The van der Waals surface area contributed by atoms with E-state index < -0.39 is 0 Å². The van der Waals surface area contributed by atoms with Crippen LogP contribution in [0, 0.1) is 11.3 Å². The van der Waals surface area contributed by atoms with Crippen LogP contribution in [0.15, 0.2) is 11.6 Å². The van der Waals surface area contributed by atoms with Gasteiger partial charge in [0.1, 0.15) is 5.78 Å². The second-order valence-corrected chi connectivity index (χ2v) is 3.16. The lowest BCUT2D eigenvalue weighted by Crippen LogP contribution is -1.97. The summed E-state index contributed by atoms with van der Waals surface area (Å²) in [6, 6.07) is 2.07. The first-order valence-corrected chi connectivity index (χ1v) is 4.44. The maximum Gasteiger partial charge on any atom is 0.137 e. The maximum absolute atomic E-state index is 11.2. The van der Waals surface area contributed by atoms with Gasteiger partial charge in [-0.15, -0.1) is 0 Å². The SMILES string of the molecule is N#C/C1=C/CCCCCC(=O)C1. The normalized spacial score (nSPS) is 24.2. The molecule has 0 fully saturated rings. The van der Waals surface area contributed by atoms with E-state index in [2.05, 4.69) is 6.07 Å². The van der Waals surface area contributed by atoms with Crippen LogP contribution >= 0.6 is 0 Å². The van der Waals surface area contributed by atoms with Crippen molar-refractivity contribution in [3.05, 3.63) is 11.6 Å². The van der Waals surface area contributed by atoms with E-state index in [-0.39, 0.29) is 5.78 Å². The molecule has 12 heavy (non-hydrogen) atoms. The number of Topliss-reactive ketones (excluding diaryl/α,β-unsaturated/α-hetero) is 1. The van der Waals surface area contributed by atoms with Crippen LogP contribution in [-0.2, 0) is 4.79 Å². The molecule has 0 N–H and O–H groups in total. The van der Waals surface area contributed by atoms with Crippen LogP contribution < -0.4 is 0 Å². The molecule has 0 saturated carbocycles. The number of allylic oxidation sites excluding steroid dienone is 2. The maximum atomic E-state index is 11.2. The van der Waals surface area contributed by atoms with E-state index in [0.717, 1.165) is 25.7 Å². The number of carbonyl (C=O) groups excluding carboxylic acids is 1. The molecule has 0 bridgehead atoms. The highest BCUT2D eigenvalue weighted by Crippen LogP contribution is 2.13. The number of hydrogen-bond acceptors (Lipinski definition) is 2. The summed E-state index contributed by atoms with van der Waals surface area (Å²) in [5.74, 6) is 0.213. The largest absolute Gasteiger partial charge is 0.299 e. The molecule has 0 saturated heterocycles. The van der Waals surface area contributed by atoms with Crippen molar-refractivity contribution in [2.45, 2.75) is 38.5 Å². The molecule has 64 valence electrons. The summed E-state index contributed by atoms with van der Waals surface area (Å²) in [7, 11) is 0. The zero-order valence-corrected chi connectivity index (χ0v) is 7.18. The van der Waals surface area contributed by atoms with Gasteiger partial charge in [-0.3, -0.25) is 4.79 Å². The third-order valence-electron chi connectivity index (χ3n) is 2.08. The predicted molar refractivity (Wildman–Crippen MR) is 46.4 cm³/mol. The number of ketones is 1. The Morgan fingerprint density at radius 2 is 2.17 bits per heavy atom. The molecule has 1 rings (SSSR count). The molecule has 1 aliphatic carbocycles. The molecule has 0 amide bonds. The van der Waals surface area contributed by atoms with Gasteiger partial charge >= 0.3 is 0 Å². The van der Waals surface area contributed by atoms with E-state index in [1.807, 2.05) is 6.08 Å². The van der Waals surface area contributed by atoms with Gasteiger partial charge in [0, 0.05) is 18.4 Å². The number of hydrogen-bond donors (Lipinski definition) is 0. The Kier molecular flexibility index (Phi) is 3.53. The Morgan fingerprint density at radius 3 is 2.92 bits per heavy atom. The highest BCUT2D eigenvalue weighted by molar-refractivity contribution is 5.81. The van der Waals surface area contributed by atoms with Crippen molar-refractivity contribution in [1.29, 1.82) is 5.26 Å². The Hall–Kier alpha value is -1.10. The Labute approximate surface area is 72.9 Å². The monoisotopic (exact) mass is 163 g/mol. The molecular weight excluding hydrogens is 150 g/mol. The molecule has 0 radical (unpaired) electrons. The van der Waals surface area contributed by atoms with Crippen LogP contribution in [0.4, 0.5) is 0 Å². The second kappa shape index (κ2) is 4.71. The van der Waals surface area contributed by atoms with Gasteiger partial charge in [0.25, 0.3) is 0 Å². The topological polar surface area (TPSA) is 40.9 Å². The lowest BCUT2D eigenvalue weighted by atomic mass is 10.1. The molecular formula is C10H13NO. The molecule has 0 aliphatic heterocycles. The first-order chi connectivity index (χ1) is 5.83. The van der Waals surface area contributed by atoms with E-state index in [0.29, 0.717) is 18.4 Å². The number of rotatable bonds is 0. The second-order valence-electron chi connectivity index (χ2n) is 3.16. The van der Waals surface area contributed by atoms with E-state index in [1.165, 1.54) is 0 Å². The van der Waals surface area contributed by atoms with Gasteiger partial charge in [-0.1, -0.05) is 12.5 Å². The average Bonchev–Trinajstić information content (AvgIpc) is 2.16. The smallest absolute Gasteiger partial charge is 0.137 e. The van der Waals surface area contributed by atoms with Crippen molar-refractivity contribution in [2.24, 2.45) is 0 Å². The Balaban J connectivity index is 2.59. The summed E-state index contributed by atoms with van der Waals surface area (Å²) in [6.45, 7) is 0. The minimum atomic E-state index is 0.213. The molecule has 0 spiro atoms. The summed E-state index contributed by atoms with van der Waals surface area (Å²) < 4.78 is 0. The van der Waals surface area contributed by atoms with Crippen molar-refractivity contribution in [3.63, 3.8) is 0 Å². The third-order valence-corrected chi connectivity index (χ3v) is 2.08. The summed E-state index contributed by atoms with van der Waals surface area (Å²) in [5.41, 5.74) is 0.655. The third kappa shape index (κ3) is 2.87. The highest BCUT2D eigenvalue weighted by atomic mass is 16.1. The fourth-order valence-electron chi connectivity index (χ4n) is 1.38. The standard InChI is InChI=1S/C10H13NO/c11-8-9-5-3-1-2-4-6-10(12)7-9/h5H,1-4,6-7H2/b9-5+. The highest BCUT2D eigenvalue weighted by Gasteiger charge is 2.07. The lowest BCUT2D eigenvalue weighted by Gasteiger charge is -1.95. The fraction of sp³-hybridized carbons (Fsp3) is 0.600. The molecule has 2 heteroatoms. The van der Waals surface area contributed by atoms with Gasteiger partial charge in [-0.2, -0.15) is 5.26 Å².